The molecule has 3 amide bonds. The molecule has 0 aromatic heterocycles. The Bertz CT molecular complexity index is 1720. The van der Waals surface area contributed by atoms with Crippen LogP contribution < -0.4 is 26.0 Å². The van der Waals surface area contributed by atoms with Gasteiger partial charge in [0.1, 0.15) is 22.8 Å². The SMILES string of the molecule is CN(C)c1cc(NC(=O)Nc2ccc(OC(F)(F)F)cc2)c(O)c2c1CC1CC3CC(=O)C(C(N)=O)=C(O)[C@@]3(O)C(=O)C1=C2O. The number of Topliss-reactive ketones (excluding diaryl/α,β-unsaturated/α-hetero) is 2. The summed E-state index contributed by atoms with van der Waals surface area (Å²) < 4.78 is 41.1. The van der Waals surface area contributed by atoms with Crippen LogP contribution in [0.25, 0.3) is 5.76 Å². The van der Waals surface area contributed by atoms with Crippen molar-refractivity contribution < 1.29 is 57.5 Å². The van der Waals surface area contributed by atoms with Crippen LogP contribution in [0.5, 0.6) is 11.5 Å². The number of nitrogens with two attached hydrogens (primary N) is 1. The number of ketones is 2. The van der Waals surface area contributed by atoms with Gasteiger partial charge in [0.15, 0.2) is 17.1 Å². The maximum atomic E-state index is 13.7. The number of nitrogens with one attached hydrogen (secondary N) is 2. The summed E-state index contributed by atoms with van der Waals surface area (Å²) in [6, 6.07) is 4.73. The number of urea groups is 1. The fourth-order valence-electron chi connectivity index (χ4n) is 6.19. The molecule has 8 N–H and O–H groups in total. The molecule has 1 saturated carbocycles. The summed E-state index contributed by atoms with van der Waals surface area (Å²) in [5.74, 6) is -8.32. The largest absolute Gasteiger partial charge is 0.573 e. The number of phenolic OH excluding ortho intramolecular Hbond substituents is 1. The van der Waals surface area contributed by atoms with Gasteiger partial charge in [-0.3, -0.25) is 14.4 Å². The number of aliphatic hydroxyl groups excluding tert-OH is 2. The Hall–Kier alpha value is -5.25. The molecule has 1 fully saturated rings. The van der Waals surface area contributed by atoms with Crippen LogP contribution in [-0.4, -0.2) is 70.0 Å². The smallest absolute Gasteiger partial charge is 0.508 e. The minimum Gasteiger partial charge on any atom is -0.508 e. The fourth-order valence-corrected chi connectivity index (χ4v) is 6.19. The molecule has 5 rings (SSSR count). The lowest BCUT2D eigenvalue weighted by Crippen LogP contribution is -2.58. The molecule has 238 valence electrons. The Kier molecular flexibility index (Phi) is 7.43. The minimum atomic E-state index is -4.90. The van der Waals surface area contributed by atoms with Gasteiger partial charge in [0, 0.05) is 43.4 Å². The number of hydrogen-bond acceptors (Lipinski definition) is 10. The number of hydrogen-bond donors (Lipinski definition) is 7. The van der Waals surface area contributed by atoms with E-state index in [1.807, 2.05) is 0 Å². The van der Waals surface area contributed by atoms with E-state index in [-0.39, 0.29) is 35.4 Å². The third-order valence-electron chi connectivity index (χ3n) is 8.12. The number of ether oxygens (including phenoxy) is 1. The molecule has 0 spiro atoms. The molecule has 3 atom stereocenters. The van der Waals surface area contributed by atoms with E-state index in [4.69, 9.17) is 5.73 Å². The molecule has 45 heavy (non-hydrogen) atoms. The normalized spacial score (nSPS) is 22.7. The maximum Gasteiger partial charge on any atom is 0.573 e. The van der Waals surface area contributed by atoms with Gasteiger partial charge in [-0.15, -0.1) is 13.2 Å². The number of primary amides is 1. The fraction of sp³-hybridized carbons (Fsp3) is 0.310. The third-order valence-corrected chi connectivity index (χ3v) is 8.12. The molecule has 3 aliphatic carbocycles. The summed E-state index contributed by atoms with van der Waals surface area (Å²) in [5, 5.41) is 49.6. The molecule has 0 radical (unpaired) electrons. The molecule has 0 saturated heterocycles. The molecule has 3 aliphatic rings. The molecule has 13 nitrogen and oxygen atoms in total. The highest BCUT2D eigenvalue weighted by molar-refractivity contribution is 6.22. The number of carbonyl (C=O) groups excluding carboxylic acids is 4. The van der Waals surface area contributed by atoms with Crippen molar-refractivity contribution in [3.05, 3.63) is 58.4 Å². The second-order valence-corrected chi connectivity index (χ2v) is 11.1. The predicted octanol–water partition coefficient (Wildman–Crippen LogP) is 3.03. The summed E-state index contributed by atoms with van der Waals surface area (Å²) in [4.78, 5) is 52.5. The monoisotopic (exact) mass is 632 g/mol. The number of aliphatic hydroxyl groups is 3. The average Bonchev–Trinajstić information content (AvgIpc) is 2.92. The standard InChI is InChI=1S/C29H27F3N4O9/c1-36(2)17-10-16(35-27(43)34-13-3-5-14(6-4-13)45-29(30,31)32)22(38)20-15(17)8-11-7-12-9-18(37)21(26(33)42)25(41)28(12,44)24(40)19(11)23(20)39/h3-6,10-12,38-39,41,44H,7-9H2,1-2H3,(H2,33,42)(H2,34,35,43)/t11?,12?,28-/m0/s1. The van der Waals surface area contributed by atoms with Crippen LogP contribution in [0.15, 0.2) is 47.2 Å². The molecule has 0 aliphatic heterocycles. The molecule has 2 aromatic rings. The number of halogens is 3. The lowest BCUT2D eigenvalue weighted by atomic mass is 9.59. The Morgan fingerprint density at radius 2 is 1.71 bits per heavy atom. The Morgan fingerprint density at radius 3 is 2.29 bits per heavy atom. The van der Waals surface area contributed by atoms with Crippen LogP contribution in [0.2, 0.25) is 0 Å². The number of fused-ring (bicyclic) bond motifs is 3. The second-order valence-electron chi connectivity index (χ2n) is 11.1. The first-order valence-electron chi connectivity index (χ1n) is 13.4. The Morgan fingerprint density at radius 1 is 1.07 bits per heavy atom. The van der Waals surface area contributed by atoms with E-state index in [1.165, 1.54) is 6.07 Å². The number of rotatable bonds is 5. The van der Waals surface area contributed by atoms with Crippen molar-refractivity contribution in [3.63, 3.8) is 0 Å². The Balaban J connectivity index is 1.51. The average molecular weight is 633 g/mol. The molecule has 0 bridgehead atoms. The van der Waals surface area contributed by atoms with Crippen molar-refractivity contribution in [1.29, 1.82) is 0 Å². The van der Waals surface area contributed by atoms with Gasteiger partial charge in [-0.1, -0.05) is 0 Å². The minimum absolute atomic E-state index is 0.0498. The van der Waals surface area contributed by atoms with E-state index in [2.05, 4.69) is 15.4 Å². The zero-order valence-corrected chi connectivity index (χ0v) is 23.7. The van der Waals surface area contributed by atoms with E-state index in [1.54, 1.807) is 19.0 Å². The number of phenols is 1. The van der Waals surface area contributed by atoms with Gasteiger partial charge < -0.3 is 46.4 Å². The lowest BCUT2D eigenvalue weighted by molar-refractivity contribution is -0.274. The first-order chi connectivity index (χ1) is 20.9. The predicted molar refractivity (Wildman–Crippen MR) is 151 cm³/mol. The quantitative estimate of drug-likeness (QED) is 0.189. The van der Waals surface area contributed by atoms with Crippen molar-refractivity contribution in [3.8, 4) is 11.5 Å². The zero-order valence-electron chi connectivity index (χ0n) is 23.7. The number of carbonyl (C=O) groups is 4. The first kappa shape index (κ1) is 31.2. The molecule has 2 unspecified atom stereocenters. The maximum absolute atomic E-state index is 13.7. The highest BCUT2D eigenvalue weighted by Crippen LogP contribution is 2.54. The van der Waals surface area contributed by atoms with Crippen LogP contribution in [0.3, 0.4) is 0 Å². The van der Waals surface area contributed by atoms with Gasteiger partial charge in [-0.05, 0) is 54.7 Å². The van der Waals surface area contributed by atoms with Crippen molar-refractivity contribution in [1.82, 2.24) is 0 Å². The number of alkyl halides is 3. The van der Waals surface area contributed by atoms with Gasteiger partial charge in [0.05, 0.1) is 11.3 Å². The van der Waals surface area contributed by atoms with Gasteiger partial charge in [-0.25, -0.2) is 4.79 Å². The topological polar surface area (TPSA) is 212 Å². The summed E-state index contributed by atoms with van der Waals surface area (Å²) in [7, 11) is 3.30. The van der Waals surface area contributed by atoms with E-state index in [9.17, 15) is 52.8 Å². The van der Waals surface area contributed by atoms with Crippen molar-refractivity contribution in [2.45, 2.75) is 31.2 Å². The molecular formula is C29H27F3N4O9. The molecular weight excluding hydrogens is 605 g/mol. The number of amides is 3. The van der Waals surface area contributed by atoms with Crippen LogP contribution in [0, 0.1) is 11.8 Å². The summed E-state index contributed by atoms with van der Waals surface area (Å²) in [6.07, 6.45) is -5.36. The van der Waals surface area contributed by atoms with E-state index >= 15 is 0 Å². The number of aromatic hydroxyl groups is 1. The summed E-state index contributed by atoms with van der Waals surface area (Å²) in [5.41, 5.74) is 1.63. The first-order valence-corrected chi connectivity index (χ1v) is 13.4. The van der Waals surface area contributed by atoms with Crippen LogP contribution in [-0.2, 0) is 20.8 Å². The van der Waals surface area contributed by atoms with Gasteiger partial charge in [0.25, 0.3) is 5.91 Å². The number of anilines is 3. The van der Waals surface area contributed by atoms with Crippen LogP contribution in [0.4, 0.5) is 35.0 Å². The van der Waals surface area contributed by atoms with Crippen LogP contribution >= 0.6 is 0 Å². The highest BCUT2D eigenvalue weighted by Gasteiger charge is 2.60. The van der Waals surface area contributed by atoms with Crippen LogP contribution in [0.1, 0.15) is 24.0 Å². The van der Waals surface area contributed by atoms with Gasteiger partial charge >= 0.3 is 12.4 Å². The van der Waals surface area contributed by atoms with Crippen molar-refractivity contribution >= 4 is 46.3 Å². The van der Waals surface area contributed by atoms with E-state index in [0.717, 1.165) is 24.3 Å². The lowest BCUT2D eigenvalue weighted by Gasteiger charge is -2.46. The van der Waals surface area contributed by atoms with Crippen molar-refractivity contribution in [2.24, 2.45) is 17.6 Å². The highest BCUT2D eigenvalue weighted by atomic mass is 19.4. The number of nitrogens with zero attached hydrogens (tertiary/aromatic N) is 1. The van der Waals surface area contributed by atoms with E-state index in [0.29, 0.717) is 11.3 Å². The molecule has 0 heterocycles. The second kappa shape index (κ2) is 10.7. The molecule has 16 heteroatoms. The summed E-state index contributed by atoms with van der Waals surface area (Å²) >= 11 is 0. The van der Waals surface area contributed by atoms with Gasteiger partial charge in [0.2, 0.25) is 5.78 Å². The Labute approximate surface area is 252 Å². The third kappa shape index (κ3) is 5.26. The van der Waals surface area contributed by atoms with E-state index < -0.39 is 82.3 Å². The number of benzene rings is 2. The van der Waals surface area contributed by atoms with Gasteiger partial charge in [-0.2, -0.15) is 0 Å². The zero-order chi connectivity index (χ0) is 33.2. The van der Waals surface area contributed by atoms with Crippen molar-refractivity contribution in [2.75, 3.05) is 29.6 Å². The molecule has 2 aromatic carbocycles. The summed E-state index contributed by atoms with van der Waals surface area (Å²) in [6.45, 7) is 0.